The SMILES string of the molecule is CCOC(=O)c1cc(C(O)C(F)C(F)F)ccn1. The summed E-state index contributed by atoms with van der Waals surface area (Å²) >= 11 is 0. The molecule has 1 heterocycles. The van der Waals surface area contributed by atoms with E-state index in [2.05, 4.69) is 9.72 Å². The predicted molar refractivity (Wildman–Crippen MR) is 56.1 cm³/mol. The molecule has 1 aromatic heterocycles. The van der Waals surface area contributed by atoms with E-state index < -0.39 is 24.7 Å². The van der Waals surface area contributed by atoms with Crippen LogP contribution in [0.5, 0.6) is 0 Å². The third-order valence-corrected chi connectivity index (χ3v) is 2.15. The van der Waals surface area contributed by atoms with Gasteiger partial charge in [0.2, 0.25) is 0 Å². The molecule has 0 aromatic carbocycles. The van der Waals surface area contributed by atoms with E-state index >= 15 is 0 Å². The van der Waals surface area contributed by atoms with Crippen LogP contribution in [0.2, 0.25) is 0 Å². The molecule has 0 aliphatic rings. The van der Waals surface area contributed by atoms with Crippen LogP contribution < -0.4 is 0 Å². The van der Waals surface area contributed by atoms with Crippen molar-refractivity contribution in [1.29, 1.82) is 0 Å². The fourth-order valence-electron chi connectivity index (χ4n) is 1.27. The lowest BCUT2D eigenvalue weighted by Crippen LogP contribution is -2.22. The number of aromatic nitrogens is 1. The minimum atomic E-state index is -3.31. The summed E-state index contributed by atoms with van der Waals surface area (Å²) < 4.78 is 41.8. The summed E-state index contributed by atoms with van der Waals surface area (Å²) in [6.45, 7) is 1.71. The van der Waals surface area contributed by atoms with Crippen molar-refractivity contribution >= 4 is 5.97 Å². The standard InChI is InChI=1S/C11H12F3NO3/c1-2-18-11(17)7-5-6(3-4-15-7)9(16)8(12)10(13)14/h3-5,8-10,16H,2H2,1H3. The van der Waals surface area contributed by atoms with Crippen molar-refractivity contribution in [3.63, 3.8) is 0 Å². The number of nitrogens with zero attached hydrogens (tertiary/aromatic N) is 1. The molecule has 18 heavy (non-hydrogen) atoms. The van der Waals surface area contributed by atoms with E-state index in [0.717, 1.165) is 18.3 Å². The van der Waals surface area contributed by atoms with Crippen molar-refractivity contribution in [2.24, 2.45) is 0 Å². The maximum Gasteiger partial charge on any atom is 0.356 e. The van der Waals surface area contributed by atoms with Gasteiger partial charge < -0.3 is 9.84 Å². The molecule has 0 fully saturated rings. The van der Waals surface area contributed by atoms with Crippen LogP contribution in [-0.2, 0) is 4.74 Å². The molecule has 0 saturated carbocycles. The van der Waals surface area contributed by atoms with E-state index in [0.29, 0.717) is 0 Å². The Morgan fingerprint density at radius 1 is 1.50 bits per heavy atom. The number of hydrogen-bond donors (Lipinski definition) is 1. The van der Waals surface area contributed by atoms with Gasteiger partial charge in [0.15, 0.2) is 6.17 Å². The highest BCUT2D eigenvalue weighted by atomic mass is 19.3. The van der Waals surface area contributed by atoms with E-state index in [1.165, 1.54) is 0 Å². The van der Waals surface area contributed by atoms with Gasteiger partial charge in [-0.25, -0.2) is 22.9 Å². The Morgan fingerprint density at radius 2 is 2.17 bits per heavy atom. The zero-order valence-electron chi connectivity index (χ0n) is 9.52. The molecule has 2 unspecified atom stereocenters. The molecule has 2 atom stereocenters. The molecule has 100 valence electrons. The monoisotopic (exact) mass is 263 g/mol. The van der Waals surface area contributed by atoms with Crippen molar-refractivity contribution in [2.45, 2.75) is 25.6 Å². The zero-order valence-corrected chi connectivity index (χ0v) is 9.52. The molecule has 4 nitrogen and oxygen atoms in total. The van der Waals surface area contributed by atoms with Crippen molar-refractivity contribution in [3.8, 4) is 0 Å². The Hall–Kier alpha value is -1.63. The Labute approximate surface area is 101 Å². The van der Waals surface area contributed by atoms with Crippen LogP contribution in [0.15, 0.2) is 18.3 Å². The number of alkyl halides is 3. The van der Waals surface area contributed by atoms with Crippen LogP contribution in [0.1, 0.15) is 29.1 Å². The number of carbonyl (C=O) groups is 1. The van der Waals surface area contributed by atoms with Gasteiger partial charge in [-0.05, 0) is 24.6 Å². The van der Waals surface area contributed by atoms with Gasteiger partial charge in [-0.3, -0.25) is 0 Å². The molecule has 1 rings (SSSR count). The normalized spacial score (nSPS) is 14.3. The van der Waals surface area contributed by atoms with Gasteiger partial charge in [0.25, 0.3) is 6.43 Å². The van der Waals surface area contributed by atoms with E-state index in [4.69, 9.17) is 0 Å². The lowest BCUT2D eigenvalue weighted by atomic mass is 10.1. The van der Waals surface area contributed by atoms with Gasteiger partial charge in [0.1, 0.15) is 11.8 Å². The lowest BCUT2D eigenvalue weighted by Gasteiger charge is -2.15. The highest BCUT2D eigenvalue weighted by molar-refractivity contribution is 5.87. The highest BCUT2D eigenvalue weighted by Gasteiger charge is 2.29. The molecule has 7 heteroatoms. The van der Waals surface area contributed by atoms with Crippen LogP contribution in [-0.4, -0.2) is 35.3 Å². The molecule has 0 radical (unpaired) electrons. The first-order chi connectivity index (χ1) is 8.47. The zero-order chi connectivity index (χ0) is 13.7. The fourth-order valence-corrected chi connectivity index (χ4v) is 1.27. The minimum Gasteiger partial charge on any atom is -0.461 e. The summed E-state index contributed by atoms with van der Waals surface area (Å²) in [6.07, 6.45) is -6.92. The van der Waals surface area contributed by atoms with Gasteiger partial charge in [-0.1, -0.05) is 0 Å². The molecule has 0 aliphatic carbocycles. The van der Waals surface area contributed by atoms with Gasteiger partial charge in [-0.2, -0.15) is 0 Å². The number of ether oxygens (including phenoxy) is 1. The molecule has 0 spiro atoms. The summed E-state index contributed by atoms with van der Waals surface area (Å²) in [6, 6.07) is 2.18. The van der Waals surface area contributed by atoms with Crippen molar-refractivity contribution in [2.75, 3.05) is 6.61 Å². The molecule has 0 amide bonds. The first kappa shape index (κ1) is 14.4. The quantitative estimate of drug-likeness (QED) is 0.824. The van der Waals surface area contributed by atoms with Crippen molar-refractivity contribution in [1.82, 2.24) is 4.98 Å². The maximum atomic E-state index is 12.9. The molecule has 1 N–H and O–H groups in total. The smallest absolute Gasteiger partial charge is 0.356 e. The first-order valence-corrected chi connectivity index (χ1v) is 5.20. The minimum absolute atomic E-state index is 0.121. The second-order valence-electron chi connectivity index (χ2n) is 3.42. The highest BCUT2D eigenvalue weighted by Crippen LogP contribution is 2.24. The number of esters is 1. The van der Waals surface area contributed by atoms with Gasteiger partial charge in [-0.15, -0.1) is 0 Å². The summed E-state index contributed by atoms with van der Waals surface area (Å²) in [4.78, 5) is 15.0. The fraction of sp³-hybridized carbons (Fsp3) is 0.455. The van der Waals surface area contributed by atoms with E-state index in [1.807, 2.05) is 0 Å². The molecule has 1 aromatic rings. The summed E-state index contributed by atoms with van der Waals surface area (Å²) in [5.41, 5.74) is -0.323. The van der Waals surface area contributed by atoms with Crippen molar-refractivity contribution < 1.29 is 27.8 Å². The lowest BCUT2D eigenvalue weighted by molar-refractivity contribution is -0.0301. The number of aliphatic hydroxyl groups is 1. The molecule has 0 aliphatic heterocycles. The van der Waals surface area contributed by atoms with E-state index in [1.54, 1.807) is 6.92 Å². The Bertz CT molecular complexity index is 414. The van der Waals surface area contributed by atoms with Gasteiger partial charge in [0, 0.05) is 6.20 Å². The third kappa shape index (κ3) is 3.43. The molecule has 0 saturated heterocycles. The number of carbonyl (C=O) groups excluding carboxylic acids is 1. The Kier molecular flexibility index (Phi) is 5.08. The first-order valence-electron chi connectivity index (χ1n) is 5.20. The average molecular weight is 263 g/mol. The summed E-state index contributed by atoms with van der Waals surface area (Å²) in [5.74, 6) is -0.765. The third-order valence-electron chi connectivity index (χ3n) is 2.15. The summed E-state index contributed by atoms with van der Waals surface area (Å²) in [5, 5.41) is 9.36. The van der Waals surface area contributed by atoms with Crippen LogP contribution in [0.3, 0.4) is 0 Å². The number of halogens is 3. The van der Waals surface area contributed by atoms with Gasteiger partial charge >= 0.3 is 5.97 Å². The number of hydrogen-bond acceptors (Lipinski definition) is 4. The Morgan fingerprint density at radius 3 is 2.72 bits per heavy atom. The largest absolute Gasteiger partial charge is 0.461 e. The van der Waals surface area contributed by atoms with Gasteiger partial charge in [0.05, 0.1) is 6.61 Å². The van der Waals surface area contributed by atoms with E-state index in [-0.39, 0.29) is 17.9 Å². The molecular weight excluding hydrogens is 251 g/mol. The maximum absolute atomic E-state index is 12.9. The summed E-state index contributed by atoms with van der Waals surface area (Å²) in [7, 11) is 0. The van der Waals surface area contributed by atoms with Crippen LogP contribution in [0.25, 0.3) is 0 Å². The van der Waals surface area contributed by atoms with E-state index in [9.17, 15) is 23.1 Å². The second-order valence-corrected chi connectivity index (χ2v) is 3.42. The Balaban J connectivity index is 2.91. The van der Waals surface area contributed by atoms with Crippen molar-refractivity contribution in [3.05, 3.63) is 29.6 Å². The number of aliphatic hydroxyl groups excluding tert-OH is 1. The van der Waals surface area contributed by atoms with Crippen LogP contribution in [0, 0.1) is 0 Å². The topological polar surface area (TPSA) is 59.4 Å². The second kappa shape index (κ2) is 6.34. The van der Waals surface area contributed by atoms with Crippen LogP contribution >= 0.6 is 0 Å². The molecule has 0 bridgehead atoms. The number of rotatable bonds is 5. The number of pyridine rings is 1. The average Bonchev–Trinajstić information content (AvgIpc) is 2.37. The predicted octanol–water partition coefficient (Wildman–Crippen LogP) is 1.89. The molecular formula is C11H12F3NO3. The van der Waals surface area contributed by atoms with Crippen LogP contribution in [0.4, 0.5) is 13.2 Å².